The average Bonchev–Trinajstić information content (AvgIpc) is 2.57. The van der Waals surface area contributed by atoms with Gasteiger partial charge in [0.2, 0.25) is 11.9 Å². The summed E-state index contributed by atoms with van der Waals surface area (Å²) in [5.74, 6) is 0.596. The Hall–Kier alpha value is -2.14. The second kappa shape index (κ2) is 7.18. The van der Waals surface area contributed by atoms with E-state index < -0.39 is 0 Å². The molecule has 0 aliphatic carbocycles. The number of hydrogen-bond donors (Lipinski definition) is 1. The number of halogens is 1. The third kappa shape index (κ3) is 3.85. The highest BCUT2D eigenvalue weighted by Gasteiger charge is 2.27. The molecule has 1 aromatic carbocycles. The van der Waals surface area contributed by atoms with Crippen LogP contribution >= 0.6 is 11.6 Å². The molecule has 0 radical (unpaired) electrons. The fourth-order valence-electron chi connectivity index (χ4n) is 2.92. The van der Waals surface area contributed by atoms with Gasteiger partial charge in [-0.15, -0.1) is 0 Å². The van der Waals surface area contributed by atoms with E-state index in [4.69, 9.17) is 11.6 Å². The minimum Gasteiger partial charge on any atom is -0.340 e. The molecule has 1 N–H and O–H groups in total. The number of nitrogens with one attached hydrogen (secondary N) is 1. The van der Waals surface area contributed by atoms with E-state index in [-0.39, 0.29) is 11.8 Å². The molecule has 0 spiro atoms. The molecule has 1 unspecified atom stereocenters. The van der Waals surface area contributed by atoms with Crippen molar-refractivity contribution in [3.63, 3.8) is 0 Å². The molecule has 24 heavy (non-hydrogen) atoms. The van der Waals surface area contributed by atoms with E-state index in [0.717, 1.165) is 30.6 Å². The number of carbonyl (C=O) groups is 1. The zero-order valence-corrected chi connectivity index (χ0v) is 14.7. The summed E-state index contributed by atoms with van der Waals surface area (Å²) in [7, 11) is 0. The van der Waals surface area contributed by atoms with Crippen LogP contribution in [0.5, 0.6) is 0 Å². The Morgan fingerprint density at radius 3 is 2.92 bits per heavy atom. The van der Waals surface area contributed by atoms with Gasteiger partial charge in [0.25, 0.3) is 0 Å². The molecule has 126 valence electrons. The summed E-state index contributed by atoms with van der Waals surface area (Å²) in [6.07, 6.45) is 3.56. The summed E-state index contributed by atoms with van der Waals surface area (Å²) < 4.78 is 0. The molecule has 1 aliphatic rings. The van der Waals surface area contributed by atoms with Crippen molar-refractivity contribution in [3.05, 3.63) is 46.7 Å². The van der Waals surface area contributed by atoms with Crippen LogP contribution in [0.1, 0.15) is 24.1 Å². The van der Waals surface area contributed by atoms with Gasteiger partial charge in [0, 0.05) is 25.0 Å². The van der Waals surface area contributed by atoms with Crippen LogP contribution < -0.4 is 10.2 Å². The van der Waals surface area contributed by atoms with Crippen LogP contribution in [0.15, 0.2) is 30.5 Å². The van der Waals surface area contributed by atoms with Crippen molar-refractivity contribution in [1.82, 2.24) is 9.97 Å². The maximum Gasteiger partial charge on any atom is 0.229 e. The maximum absolute atomic E-state index is 12.6. The number of carbonyl (C=O) groups excluding carboxylic acids is 1. The summed E-state index contributed by atoms with van der Waals surface area (Å²) >= 11 is 6.21. The lowest BCUT2D eigenvalue weighted by Gasteiger charge is -2.32. The highest BCUT2D eigenvalue weighted by Crippen LogP contribution is 2.26. The van der Waals surface area contributed by atoms with Gasteiger partial charge in [0.1, 0.15) is 0 Å². The third-order valence-corrected chi connectivity index (χ3v) is 4.55. The Morgan fingerprint density at radius 2 is 2.17 bits per heavy atom. The van der Waals surface area contributed by atoms with Gasteiger partial charge in [-0.1, -0.05) is 17.7 Å². The lowest BCUT2D eigenvalue weighted by atomic mass is 9.97. The normalized spacial score (nSPS) is 17.6. The Morgan fingerprint density at radius 1 is 1.33 bits per heavy atom. The van der Waals surface area contributed by atoms with Crippen LogP contribution in [0.2, 0.25) is 5.02 Å². The zero-order chi connectivity index (χ0) is 17.1. The summed E-state index contributed by atoms with van der Waals surface area (Å²) in [5.41, 5.74) is 2.66. The number of anilines is 2. The van der Waals surface area contributed by atoms with Crippen molar-refractivity contribution >= 4 is 29.1 Å². The molecule has 1 atom stereocenters. The second-order valence-electron chi connectivity index (χ2n) is 6.26. The molecule has 0 bridgehead atoms. The van der Waals surface area contributed by atoms with Gasteiger partial charge in [-0.3, -0.25) is 4.79 Å². The molecule has 1 saturated heterocycles. The van der Waals surface area contributed by atoms with Gasteiger partial charge < -0.3 is 10.2 Å². The maximum atomic E-state index is 12.6. The Kier molecular flexibility index (Phi) is 5.00. The lowest BCUT2D eigenvalue weighted by Crippen LogP contribution is -2.41. The van der Waals surface area contributed by atoms with Crippen molar-refractivity contribution < 1.29 is 4.79 Å². The van der Waals surface area contributed by atoms with Gasteiger partial charge in [-0.2, -0.15) is 0 Å². The summed E-state index contributed by atoms with van der Waals surface area (Å²) in [4.78, 5) is 23.5. The number of nitrogens with zero attached hydrogens (tertiary/aromatic N) is 3. The number of piperidine rings is 1. The first-order valence-electron chi connectivity index (χ1n) is 8.14. The molecule has 0 saturated carbocycles. The number of aryl methyl sites for hydroxylation is 2. The number of amides is 1. The van der Waals surface area contributed by atoms with Crippen LogP contribution in [0.25, 0.3) is 0 Å². The van der Waals surface area contributed by atoms with Crippen molar-refractivity contribution in [2.45, 2.75) is 26.7 Å². The molecule has 3 rings (SSSR count). The summed E-state index contributed by atoms with van der Waals surface area (Å²) in [6.45, 7) is 5.41. The Bertz CT molecular complexity index is 750. The topological polar surface area (TPSA) is 58.1 Å². The average molecular weight is 345 g/mol. The predicted octanol–water partition coefficient (Wildman–Crippen LogP) is 3.60. The quantitative estimate of drug-likeness (QED) is 0.924. The van der Waals surface area contributed by atoms with Crippen LogP contribution in [0.3, 0.4) is 0 Å². The zero-order valence-electron chi connectivity index (χ0n) is 13.9. The SMILES string of the molecule is Cc1ccc(NC(=O)C2CCCN(c3nccc(C)n3)C2)c(Cl)c1. The fourth-order valence-corrected chi connectivity index (χ4v) is 3.20. The predicted molar refractivity (Wildman–Crippen MR) is 96.5 cm³/mol. The fraction of sp³-hybridized carbons (Fsp3) is 0.389. The first kappa shape index (κ1) is 16.7. The van der Waals surface area contributed by atoms with E-state index in [1.54, 1.807) is 6.20 Å². The number of aromatic nitrogens is 2. The van der Waals surface area contributed by atoms with Crippen molar-refractivity contribution in [1.29, 1.82) is 0 Å². The van der Waals surface area contributed by atoms with Crippen molar-refractivity contribution in [3.8, 4) is 0 Å². The van der Waals surface area contributed by atoms with Gasteiger partial charge >= 0.3 is 0 Å². The monoisotopic (exact) mass is 344 g/mol. The molecule has 1 aliphatic heterocycles. The van der Waals surface area contributed by atoms with Crippen molar-refractivity contribution in [2.24, 2.45) is 5.92 Å². The minimum absolute atomic E-state index is 0.00175. The van der Waals surface area contributed by atoms with E-state index in [1.807, 2.05) is 38.1 Å². The molecule has 1 amide bonds. The van der Waals surface area contributed by atoms with Crippen molar-refractivity contribution in [2.75, 3.05) is 23.3 Å². The van der Waals surface area contributed by atoms with E-state index >= 15 is 0 Å². The standard InChI is InChI=1S/C18H21ClN4O/c1-12-5-6-16(15(19)10-12)22-17(24)14-4-3-9-23(11-14)18-20-8-7-13(2)21-18/h5-8,10,14H,3-4,9,11H2,1-2H3,(H,22,24). The highest BCUT2D eigenvalue weighted by atomic mass is 35.5. The van der Waals surface area contributed by atoms with Crippen LogP contribution in [0, 0.1) is 19.8 Å². The molecule has 1 aromatic heterocycles. The lowest BCUT2D eigenvalue weighted by molar-refractivity contribution is -0.120. The smallest absolute Gasteiger partial charge is 0.229 e. The van der Waals surface area contributed by atoms with Gasteiger partial charge in [-0.05, 0) is 50.5 Å². The molecule has 2 heterocycles. The minimum atomic E-state index is -0.0970. The first-order chi connectivity index (χ1) is 11.5. The molecule has 6 heteroatoms. The molecule has 1 fully saturated rings. The number of rotatable bonds is 3. The largest absolute Gasteiger partial charge is 0.340 e. The van der Waals surface area contributed by atoms with Gasteiger partial charge in [0.15, 0.2) is 0 Å². The molecule has 5 nitrogen and oxygen atoms in total. The molecule has 2 aromatic rings. The van der Waals surface area contributed by atoms with E-state index in [9.17, 15) is 4.79 Å². The van der Waals surface area contributed by atoms with Crippen LogP contribution in [0.4, 0.5) is 11.6 Å². The highest BCUT2D eigenvalue weighted by molar-refractivity contribution is 6.33. The van der Waals surface area contributed by atoms with Crippen LogP contribution in [-0.2, 0) is 4.79 Å². The molecular weight excluding hydrogens is 324 g/mol. The summed E-state index contributed by atoms with van der Waals surface area (Å²) in [6, 6.07) is 7.51. The van der Waals surface area contributed by atoms with Crippen LogP contribution in [-0.4, -0.2) is 29.0 Å². The van der Waals surface area contributed by atoms with E-state index in [1.165, 1.54) is 0 Å². The number of benzene rings is 1. The Balaban J connectivity index is 1.69. The first-order valence-corrected chi connectivity index (χ1v) is 8.52. The van der Waals surface area contributed by atoms with E-state index in [2.05, 4.69) is 20.2 Å². The van der Waals surface area contributed by atoms with Gasteiger partial charge in [0.05, 0.1) is 16.6 Å². The second-order valence-corrected chi connectivity index (χ2v) is 6.66. The Labute approximate surface area is 147 Å². The molecular formula is C18H21ClN4O. The summed E-state index contributed by atoms with van der Waals surface area (Å²) in [5, 5.41) is 3.52. The van der Waals surface area contributed by atoms with E-state index in [0.29, 0.717) is 23.2 Å². The third-order valence-electron chi connectivity index (χ3n) is 4.24. The van der Waals surface area contributed by atoms with Gasteiger partial charge in [-0.25, -0.2) is 9.97 Å². The number of hydrogen-bond acceptors (Lipinski definition) is 4.